The first-order chi connectivity index (χ1) is 27.8. The Hall–Kier alpha value is -5.34. The Balaban J connectivity index is 1.67. The molecule has 0 atom stereocenters. The highest BCUT2D eigenvalue weighted by Gasteiger charge is 2.23. The normalized spacial score (nSPS) is 18.9. The summed E-state index contributed by atoms with van der Waals surface area (Å²) in [6.45, 7) is 0. The van der Waals surface area contributed by atoms with Crippen LogP contribution < -0.4 is 4.74 Å². The van der Waals surface area contributed by atoms with Crippen LogP contribution >= 0.6 is 0 Å². The summed E-state index contributed by atoms with van der Waals surface area (Å²) in [6.07, 6.45) is 0. The van der Waals surface area contributed by atoms with Crippen molar-refractivity contribution in [2.24, 2.45) is 0 Å². The van der Waals surface area contributed by atoms with Crippen molar-refractivity contribution in [2.75, 3.05) is 0 Å². The molecule has 0 spiro atoms. The second-order valence-electron chi connectivity index (χ2n) is 9.06. The molecule has 9 rings (SSSR count). The molecule has 0 bridgehead atoms. The molecule has 0 aliphatic carbocycles. The largest absolute Gasteiger partial charge is 0.456 e. The lowest BCUT2D eigenvalue weighted by Gasteiger charge is -2.22. The van der Waals surface area contributed by atoms with Crippen LogP contribution in [0.5, 0.6) is 11.5 Å². The Bertz CT molecular complexity index is 3330. The fraction of sp³-hybridized carbons (Fsp3) is 0. The van der Waals surface area contributed by atoms with Crippen LogP contribution in [0.15, 0.2) is 139 Å². The van der Waals surface area contributed by atoms with Crippen LogP contribution in [-0.4, -0.2) is 4.57 Å². The summed E-state index contributed by atoms with van der Waals surface area (Å²) in [5, 5.41) is -2.12. The highest BCUT2D eigenvalue weighted by Crippen LogP contribution is 2.50. The third-order valence-corrected chi connectivity index (χ3v) is 7.01. The van der Waals surface area contributed by atoms with E-state index in [9.17, 15) is 8.22 Å². The lowest BCUT2D eigenvalue weighted by atomic mass is 9.89. The van der Waals surface area contributed by atoms with Gasteiger partial charge in [0.2, 0.25) is 0 Å². The van der Waals surface area contributed by atoms with Gasteiger partial charge >= 0.3 is 0 Å². The van der Waals surface area contributed by atoms with Gasteiger partial charge in [0.25, 0.3) is 0 Å². The van der Waals surface area contributed by atoms with Crippen LogP contribution in [0.1, 0.15) is 26.0 Å². The van der Waals surface area contributed by atoms with Gasteiger partial charge in [-0.1, -0.05) is 109 Å². The number of aromatic nitrogens is 1. The molecule has 0 saturated carbocycles. The van der Waals surface area contributed by atoms with Crippen molar-refractivity contribution in [3.8, 4) is 39.4 Å². The molecule has 2 nitrogen and oxygen atoms in total. The standard InChI is InChI=1S/C38H23NO/c1-2-11-25(12-3-1)39-33-18-9-17-29(36(33)32-21-20-24-10-4-5-13-26(24)38(32)39)27-22-23-35-37-30(27)15-8-16-31(37)28-14-6-7-19-34(28)40-35/h1-23H/i1D,2D,3D,4D,5D,8D,9D,10D,11D,12D,13D,15D,16D,17D,18D,20D,21D,22D,23D. The van der Waals surface area contributed by atoms with Gasteiger partial charge in [-0.15, -0.1) is 0 Å². The molecule has 0 unspecified atom stereocenters. The topological polar surface area (TPSA) is 14.2 Å². The van der Waals surface area contributed by atoms with Crippen molar-refractivity contribution in [1.29, 1.82) is 0 Å². The van der Waals surface area contributed by atoms with Crippen LogP contribution in [0.25, 0.3) is 71.3 Å². The van der Waals surface area contributed by atoms with E-state index in [1.807, 2.05) is 0 Å². The van der Waals surface area contributed by atoms with E-state index >= 15 is 0 Å². The molecule has 8 aromatic rings. The second kappa shape index (κ2) is 8.08. The highest BCUT2D eigenvalue weighted by molar-refractivity contribution is 6.24. The third-order valence-electron chi connectivity index (χ3n) is 7.01. The van der Waals surface area contributed by atoms with Gasteiger partial charge in [0.15, 0.2) is 0 Å². The number of nitrogens with zero attached hydrogens (tertiary/aromatic N) is 1. The SMILES string of the molecule is [2H]c1c([2H])c([2H])c(-n2c3c([2H])c([2H])c([2H])c(-c4c([2H])c([2H])c5c6c(c([2H])c([2H])c([2H])c46)-c4ccccc4O5)c3c3c([2H])c([2H])c4c([2H])c([2H])c([2H])c([2H])c4c32)c([2H])c1[2H]. The van der Waals surface area contributed by atoms with Crippen molar-refractivity contribution in [2.45, 2.75) is 0 Å². The monoisotopic (exact) mass is 528 g/mol. The number of hydrogen-bond acceptors (Lipinski definition) is 1. The zero-order valence-electron chi connectivity index (χ0n) is 39.2. The maximum Gasteiger partial charge on any atom is 0.135 e. The number of benzene rings is 7. The van der Waals surface area contributed by atoms with E-state index in [4.69, 9.17) is 22.6 Å². The van der Waals surface area contributed by atoms with Gasteiger partial charge < -0.3 is 9.30 Å². The zero-order valence-corrected chi connectivity index (χ0v) is 20.2. The number of rotatable bonds is 2. The quantitative estimate of drug-likeness (QED) is 0.218. The van der Waals surface area contributed by atoms with Crippen LogP contribution in [0.3, 0.4) is 0 Å². The molecule has 0 amide bonds. The lowest BCUT2D eigenvalue weighted by molar-refractivity contribution is 0.487. The molecule has 2 heterocycles. The number of fused-ring (bicyclic) bond motifs is 7. The molecule has 0 radical (unpaired) electrons. The summed E-state index contributed by atoms with van der Waals surface area (Å²) >= 11 is 0. The maximum atomic E-state index is 9.45. The smallest absolute Gasteiger partial charge is 0.135 e. The van der Waals surface area contributed by atoms with E-state index in [0.29, 0.717) is 5.56 Å². The summed E-state index contributed by atoms with van der Waals surface area (Å²) in [5.41, 5.74) is -2.19. The molecule has 0 fully saturated rings. The summed E-state index contributed by atoms with van der Waals surface area (Å²) < 4.78 is 177. The molecule has 1 aliphatic rings. The van der Waals surface area contributed by atoms with Crippen molar-refractivity contribution >= 4 is 43.4 Å². The maximum absolute atomic E-state index is 9.45. The number of ether oxygens (including phenoxy) is 1. The minimum Gasteiger partial charge on any atom is -0.456 e. The van der Waals surface area contributed by atoms with Gasteiger partial charge in [-0.05, 0) is 57.7 Å². The van der Waals surface area contributed by atoms with Gasteiger partial charge in [-0.2, -0.15) is 0 Å². The molecule has 1 aliphatic heterocycles. The average molecular weight is 529 g/mol. The van der Waals surface area contributed by atoms with E-state index in [1.165, 1.54) is 0 Å². The van der Waals surface area contributed by atoms with E-state index < -0.39 is 164 Å². The predicted molar refractivity (Wildman–Crippen MR) is 167 cm³/mol. The lowest BCUT2D eigenvalue weighted by Crippen LogP contribution is -1.97. The Kier molecular flexibility index (Phi) is 2.09. The molecular weight excluding hydrogens is 486 g/mol. The average Bonchev–Trinajstić information content (AvgIpc) is 3.56. The molecular formula is C38H23NO. The van der Waals surface area contributed by atoms with Gasteiger partial charge in [0, 0.05) is 32.8 Å². The minimum absolute atomic E-state index is 0.0547. The van der Waals surface area contributed by atoms with E-state index in [2.05, 4.69) is 0 Å². The van der Waals surface area contributed by atoms with E-state index in [0.717, 1.165) is 4.57 Å². The summed E-state index contributed by atoms with van der Waals surface area (Å²) in [7, 11) is 0. The van der Waals surface area contributed by atoms with Gasteiger partial charge in [0.05, 0.1) is 37.1 Å². The third kappa shape index (κ3) is 2.88. The Labute approximate surface area is 258 Å². The van der Waals surface area contributed by atoms with Gasteiger partial charge in [-0.25, -0.2) is 0 Å². The van der Waals surface area contributed by atoms with Crippen molar-refractivity contribution in [3.05, 3.63) is 139 Å². The molecule has 186 valence electrons. The second-order valence-corrected chi connectivity index (χ2v) is 9.06. The molecule has 0 N–H and O–H groups in total. The van der Waals surface area contributed by atoms with Crippen LogP contribution in [0.2, 0.25) is 0 Å². The Morgan fingerprint density at radius 1 is 0.500 bits per heavy atom. The molecule has 2 heteroatoms. The fourth-order valence-corrected chi connectivity index (χ4v) is 5.39. The highest BCUT2D eigenvalue weighted by atomic mass is 16.5. The Morgan fingerprint density at radius 2 is 1.27 bits per heavy atom. The van der Waals surface area contributed by atoms with Crippen molar-refractivity contribution in [3.63, 3.8) is 0 Å². The molecule has 7 aromatic carbocycles. The molecule has 0 saturated heterocycles. The summed E-state index contributed by atoms with van der Waals surface area (Å²) in [4.78, 5) is 0. The van der Waals surface area contributed by atoms with Gasteiger partial charge in [0.1, 0.15) is 11.5 Å². The first kappa shape index (κ1) is 10.3. The van der Waals surface area contributed by atoms with Crippen LogP contribution in [0, 0.1) is 0 Å². The van der Waals surface area contributed by atoms with Crippen molar-refractivity contribution in [1.82, 2.24) is 4.57 Å². The number of para-hydroxylation sites is 2. The number of hydrogen-bond donors (Lipinski definition) is 0. The van der Waals surface area contributed by atoms with Crippen LogP contribution in [-0.2, 0) is 0 Å². The van der Waals surface area contributed by atoms with Crippen LogP contribution in [0.4, 0.5) is 0 Å². The van der Waals surface area contributed by atoms with Crippen molar-refractivity contribution < 1.29 is 30.8 Å². The molecule has 1 aromatic heterocycles. The Morgan fingerprint density at radius 3 is 2.20 bits per heavy atom. The van der Waals surface area contributed by atoms with Gasteiger partial charge in [-0.3, -0.25) is 0 Å². The summed E-state index contributed by atoms with van der Waals surface area (Å²) in [5.74, 6) is -0.0447. The molecule has 40 heavy (non-hydrogen) atoms. The predicted octanol–water partition coefficient (Wildman–Crippen LogP) is 10.5. The zero-order chi connectivity index (χ0) is 42.7. The first-order valence-corrected chi connectivity index (χ1v) is 12.2. The first-order valence-electron chi connectivity index (χ1n) is 21.7. The fourth-order valence-electron chi connectivity index (χ4n) is 5.39. The van der Waals surface area contributed by atoms with E-state index in [1.54, 1.807) is 24.3 Å². The summed E-state index contributed by atoms with van der Waals surface area (Å²) in [6, 6.07) is -7.76. The van der Waals surface area contributed by atoms with E-state index in [-0.39, 0.29) is 27.8 Å². The minimum atomic E-state index is -0.862.